The fraction of sp³-hybridized carbons (Fsp3) is 0.953. The van der Waals surface area contributed by atoms with Gasteiger partial charge in [0.1, 0.15) is 19.3 Å². The number of ether oxygens (including phenoxy) is 4. The predicted molar refractivity (Wildman–Crippen MR) is 432 cm³/mol. The van der Waals surface area contributed by atoms with Crippen molar-refractivity contribution in [1.29, 1.82) is 0 Å². The minimum atomic E-state index is -4.97. The van der Waals surface area contributed by atoms with Gasteiger partial charge in [-0.25, -0.2) is 9.13 Å². The van der Waals surface area contributed by atoms with Gasteiger partial charge in [-0.2, -0.15) is 0 Å². The molecule has 0 aliphatic rings. The van der Waals surface area contributed by atoms with Crippen LogP contribution in [0.5, 0.6) is 0 Å². The van der Waals surface area contributed by atoms with Crippen LogP contribution >= 0.6 is 15.6 Å². The molecule has 4 unspecified atom stereocenters. The predicted octanol–water partition coefficient (Wildman–Crippen LogP) is 25.9. The summed E-state index contributed by atoms with van der Waals surface area (Å²) in [6, 6.07) is 0. The number of phosphoric ester groups is 2. The normalized spacial score (nSPS) is 14.2. The summed E-state index contributed by atoms with van der Waals surface area (Å²) < 4.78 is 68.8. The number of esters is 4. The first-order valence-electron chi connectivity index (χ1n) is 44.2. The molecule has 0 saturated carbocycles. The molecule has 0 aromatic rings. The van der Waals surface area contributed by atoms with Crippen molar-refractivity contribution in [1.82, 2.24) is 0 Å². The van der Waals surface area contributed by atoms with Gasteiger partial charge in [0, 0.05) is 25.7 Å². The Bertz CT molecular complexity index is 2040. The van der Waals surface area contributed by atoms with Crippen LogP contribution in [-0.2, 0) is 65.4 Å². The Kier molecular flexibility index (Phi) is 73.4. The molecule has 0 saturated heterocycles. The van der Waals surface area contributed by atoms with Crippen LogP contribution in [0.3, 0.4) is 0 Å². The highest BCUT2D eigenvalue weighted by Crippen LogP contribution is 2.45. The van der Waals surface area contributed by atoms with E-state index >= 15 is 0 Å². The Labute approximate surface area is 645 Å². The van der Waals surface area contributed by atoms with E-state index in [4.69, 9.17) is 37.0 Å². The molecule has 0 aliphatic heterocycles. The Morgan fingerprint density at radius 3 is 0.676 bits per heavy atom. The van der Waals surface area contributed by atoms with E-state index in [0.717, 1.165) is 114 Å². The first-order chi connectivity index (χ1) is 50.6. The molecular formula is C86H168O17P2. The number of phosphoric acid groups is 2. The van der Waals surface area contributed by atoms with E-state index in [1.807, 2.05) is 0 Å². The summed E-state index contributed by atoms with van der Waals surface area (Å²) >= 11 is 0. The Balaban J connectivity index is 5.21. The van der Waals surface area contributed by atoms with Crippen LogP contribution in [0, 0.1) is 23.7 Å². The van der Waals surface area contributed by atoms with Crippen molar-refractivity contribution in [2.45, 2.75) is 465 Å². The lowest BCUT2D eigenvalue weighted by molar-refractivity contribution is -0.161. The highest BCUT2D eigenvalue weighted by Gasteiger charge is 2.31. The molecule has 0 aliphatic carbocycles. The van der Waals surface area contributed by atoms with Crippen LogP contribution in [0.1, 0.15) is 447 Å². The van der Waals surface area contributed by atoms with Crippen molar-refractivity contribution in [3.05, 3.63) is 0 Å². The molecule has 0 heterocycles. The Morgan fingerprint density at radius 2 is 0.457 bits per heavy atom. The molecule has 105 heavy (non-hydrogen) atoms. The number of rotatable bonds is 83. The number of hydrogen-bond acceptors (Lipinski definition) is 15. The van der Waals surface area contributed by atoms with Crippen LogP contribution in [0.4, 0.5) is 0 Å². The Hall–Kier alpha value is -1.94. The van der Waals surface area contributed by atoms with Crippen LogP contribution in [0.2, 0.25) is 0 Å². The van der Waals surface area contributed by atoms with E-state index in [1.54, 1.807) is 0 Å². The molecule has 0 amide bonds. The molecule has 624 valence electrons. The molecular weight excluding hydrogens is 1370 g/mol. The molecule has 0 bridgehead atoms. The molecule has 17 nitrogen and oxygen atoms in total. The monoisotopic (exact) mass is 1540 g/mol. The first kappa shape index (κ1) is 103. The van der Waals surface area contributed by atoms with Crippen molar-refractivity contribution in [3.63, 3.8) is 0 Å². The lowest BCUT2D eigenvalue weighted by Gasteiger charge is -2.21. The standard InChI is InChI=1S/C86H168O17P2/c1-9-79(8)65-57-49-41-33-27-21-17-12-10-11-13-18-22-28-34-42-50-58-66-83(88)96-72-81(102-85(90)68-60-52-43-35-29-23-19-15-14-16-20-25-31-38-46-54-62-76(2)3)74-100-104(92,93)98-70-80(87)71-99-105(94,95)101-75-82(73-97-84(89)67-59-51-45-37-40-48-56-64-78(6)7)103-86(91)69-61-53-44-36-30-24-26-32-39-47-55-63-77(4)5/h76-82,87H,9-75H2,1-8H3,(H,92,93)(H,94,95)/t79?,80?,81-,82-/m1/s1. The maximum absolute atomic E-state index is 13.1. The Morgan fingerprint density at radius 1 is 0.267 bits per heavy atom. The third-order valence-corrected chi connectivity index (χ3v) is 22.3. The molecule has 0 fully saturated rings. The zero-order valence-electron chi connectivity index (χ0n) is 69.4. The molecule has 0 aromatic heterocycles. The van der Waals surface area contributed by atoms with E-state index in [9.17, 15) is 43.2 Å². The van der Waals surface area contributed by atoms with Gasteiger partial charge in [0.05, 0.1) is 26.4 Å². The second-order valence-corrected chi connectivity index (χ2v) is 35.5. The highest BCUT2D eigenvalue weighted by atomic mass is 31.2. The van der Waals surface area contributed by atoms with Crippen molar-refractivity contribution < 1.29 is 80.2 Å². The fourth-order valence-electron chi connectivity index (χ4n) is 13.3. The summed E-state index contributed by atoms with van der Waals surface area (Å²) in [4.78, 5) is 73.2. The lowest BCUT2D eigenvalue weighted by Crippen LogP contribution is -2.30. The van der Waals surface area contributed by atoms with Gasteiger partial charge >= 0.3 is 39.5 Å². The van der Waals surface area contributed by atoms with Crippen molar-refractivity contribution >= 4 is 39.5 Å². The van der Waals surface area contributed by atoms with E-state index in [-0.39, 0.29) is 25.7 Å². The lowest BCUT2D eigenvalue weighted by atomic mass is 9.99. The molecule has 3 N–H and O–H groups in total. The molecule has 6 atom stereocenters. The van der Waals surface area contributed by atoms with E-state index in [1.165, 1.54) is 244 Å². The first-order valence-corrected chi connectivity index (χ1v) is 47.2. The number of aliphatic hydroxyl groups excluding tert-OH is 1. The molecule has 0 rings (SSSR count). The maximum atomic E-state index is 13.1. The molecule has 0 spiro atoms. The average Bonchev–Trinajstić information content (AvgIpc) is 0.977. The topological polar surface area (TPSA) is 237 Å². The molecule has 19 heteroatoms. The number of aliphatic hydroxyl groups is 1. The minimum Gasteiger partial charge on any atom is -0.462 e. The largest absolute Gasteiger partial charge is 0.472 e. The van der Waals surface area contributed by atoms with Crippen LogP contribution in [0.15, 0.2) is 0 Å². The number of carbonyl (C=O) groups is 4. The second kappa shape index (κ2) is 74.8. The minimum absolute atomic E-state index is 0.106. The van der Waals surface area contributed by atoms with Crippen LogP contribution < -0.4 is 0 Å². The van der Waals surface area contributed by atoms with Gasteiger partial charge in [0.2, 0.25) is 0 Å². The quantitative estimate of drug-likeness (QED) is 0.0222. The molecule has 0 aromatic carbocycles. The summed E-state index contributed by atoms with van der Waals surface area (Å²) in [5, 5.41) is 10.7. The average molecular weight is 1540 g/mol. The van der Waals surface area contributed by atoms with Gasteiger partial charge in [-0.3, -0.25) is 37.3 Å². The van der Waals surface area contributed by atoms with E-state index in [2.05, 4.69) is 55.4 Å². The second-order valence-electron chi connectivity index (χ2n) is 32.6. The molecule has 0 radical (unpaired) electrons. The van der Waals surface area contributed by atoms with Gasteiger partial charge in [-0.1, -0.05) is 396 Å². The summed E-state index contributed by atoms with van der Waals surface area (Å²) in [6.45, 7) is 14.3. The van der Waals surface area contributed by atoms with Crippen molar-refractivity contribution in [2.24, 2.45) is 23.7 Å². The smallest absolute Gasteiger partial charge is 0.462 e. The van der Waals surface area contributed by atoms with Gasteiger partial charge < -0.3 is 33.8 Å². The zero-order chi connectivity index (χ0) is 77.4. The number of carbonyl (C=O) groups excluding carboxylic acids is 4. The van der Waals surface area contributed by atoms with Crippen molar-refractivity contribution in [2.75, 3.05) is 39.6 Å². The maximum Gasteiger partial charge on any atom is 0.472 e. The number of unbranched alkanes of at least 4 members (excludes halogenated alkanes) is 48. The SMILES string of the molecule is CCC(C)CCCCCCCCCCCCCCCCCCCCC(=O)OC[C@H](COP(=O)(O)OCC(O)COP(=O)(O)OC[C@@H](COC(=O)CCCCCCCCCC(C)C)OC(=O)CCCCCCCCCCCCCC(C)C)OC(=O)CCCCCCCCCCCCCCCCCCC(C)C. The van der Waals surface area contributed by atoms with Crippen LogP contribution in [-0.4, -0.2) is 96.7 Å². The van der Waals surface area contributed by atoms with Gasteiger partial charge in [-0.15, -0.1) is 0 Å². The third-order valence-electron chi connectivity index (χ3n) is 20.4. The highest BCUT2D eigenvalue weighted by molar-refractivity contribution is 7.47. The number of hydrogen-bond donors (Lipinski definition) is 3. The zero-order valence-corrected chi connectivity index (χ0v) is 71.2. The van der Waals surface area contributed by atoms with Crippen LogP contribution in [0.25, 0.3) is 0 Å². The summed E-state index contributed by atoms with van der Waals surface area (Å²) in [5.74, 6) is 1.04. The van der Waals surface area contributed by atoms with Crippen molar-refractivity contribution in [3.8, 4) is 0 Å². The summed E-state index contributed by atoms with van der Waals surface area (Å²) in [7, 11) is -9.93. The fourth-order valence-corrected chi connectivity index (χ4v) is 14.9. The van der Waals surface area contributed by atoms with Gasteiger partial charge in [-0.05, 0) is 49.4 Å². The summed E-state index contributed by atoms with van der Waals surface area (Å²) in [5.41, 5.74) is 0. The van der Waals surface area contributed by atoms with E-state index < -0.39 is 97.5 Å². The van der Waals surface area contributed by atoms with E-state index in [0.29, 0.717) is 31.6 Å². The van der Waals surface area contributed by atoms with Gasteiger partial charge in [0.15, 0.2) is 12.2 Å². The summed E-state index contributed by atoms with van der Waals surface area (Å²) in [6.07, 6.45) is 64.0. The van der Waals surface area contributed by atoms with Gasteiger partial charge in [0.25, 0.3) is 0 Å². The third kappa shape index (κ3) is 78.5.